The number of amides is 8. The van der Waals surface area contributed by atoms with Crippen LogP contribution in [0.4, 0.5) is 36.2 Å². The van der Waals surface area contributed by atoms with Gasteiger partial charge in [0, 0.05) is 85.9 Å². The number of likely N-dealkylation sites (N-methyl/N-ethyl adjacent to an activating group) is 3. The van der Waals surface area contributed by atoms with Crippen molar-refractivity contribution in [3.05, 3.63) is 82.4 Å². The van der Waals surface area contributed by atoms with Gasteiger partial charge in [0.2, 0.25) is 23.6 Å². The Morgan fingerprint density at radius 2 is 1.71 bits per heavy atom. The van der Waals surface area contributed by atoms with E-state index in [0.29, 0.717) is 23.4 Å². The van der Waals surface area contributed by atoms with Crippen molar-refractivity contribution in [2.24, 2.45) is 5.92 Å². The predicted octanol–water partition coefficient (Wildman–Crippen LogP) is 6.24. The second-order valence-corrected chi connectivity index (χ2v) is 24.8. The Morgan fingerprint density at radius 1 is 0.967 bits per heavy atom. The van der Waals surface area contributed by atoms with E-state index in [1.165, 1.54) is 92.8 Å². The van der Waals surface area contributed by atoms with Gasteiger partial charge in [-0.05, 0) is 74.9 Å². The highest BCUT2D eigenvalue weighted by molar-refractivity contribution is 8.13. The number of thioether (sulfide) groups is 2. The van der Waals surface area contributed by atoms with Crippen molar-refractivity contribution in [1.82, 2.24) is 25.3 Å². The van der Waals surface area contributed by atoms with Crippen LogP contribution in [0.3, 0.4) is 0 Å². The average Bonchev–Trinajstić information content (AvgIpc) is 1.60. The lowest BCUT2D eigenvalue weighted by atomic mass is 9.83. The van der Waals surface area contributed by atoms with E-state index in [2.05, 4.69) is 21.3 Å². The molecule has 0 spiro atoms. The number of allylic oxidation sites excluding steroid dienone is 3. The quantitative estimate of drug-likeness (QED) is 0.0399. The Kier molecular flexibility index (Phi) is 27.2. The summed E-state index contributed by atoms with van der Waals surface area (Å²) < 4.78 is 51.0. The summed E-state index contributed by atoms with van der Waals surface area (Å²) >= 11 is 9.03. The summed E-state index contributed by atoms with van der Waals surface area (Å²) in [6, 6.07) is 6.91. The summed E-state index contributed by atoms with van der Waals surface area (Å²) in [5.41, 5.74) is -0.513. The van der Waals surface area contributed by atoms with Crippen LogP contribution in [-0.4, -0.2) is 221 Å². The van der Waals surface area contributed by atoms with Crippen molar-refractivity contribution in [3.63, 3.8) is 0 Å². The molecular weight excluding hydrogens is 1250 g/mol. The average molecular weight is 1330 g/mol. The summed E-state index contributed by atoms with van der Waals surface area (Å²) in [6.45, 7) is 7.08. The van der Waals surface area contributed by atoms with Gasteiger partial charge in [-0.15, -0.1) is 0 Å². The van der Waals surface area contributed by atoms with Crippen molar-refractivity contribution in [2.45, 2.75) is 114 Å². The van der Waals surface area contributed by atoms with Crippen LogP contribution in [0.2, 0.25) is 5.02 Å². The summed E-state index contributed by atoms with van der Waals surface area (Å²) in [6.07, 6.45) is 2.73. The molecule has 30 heteroatoms. The van der Waals surface area contributed by atoms with Gasteiger partial charge in [-0.2, -0.15) is 11.8 Å². The number of fused-ring (bicyclic) bond motifs is 5. The molecule has 6 rings (SSSR count). The van der Waals surface area contributed by atoms with Gasteiger partial charge in [0.15, 0.2) is 5.72 Å². The molecule has 27 nitrogen and oxygen atoms in total. The predicted molar refractivity (Wildman–Crippen MR) is 340 cm³/mol. The molecule has 9 atom stereocenters. The molecule has 0 aliphatic carbocycles. The van der Waals surface area contributed by atoms with Gasteiger partial charge in [0.1, 0.15) is 60.2 Å². The molecule has 4 aliphatic heterocycles. The molecule has 4 aliphatic rings. The highest BCUT2D eigenvalue weighted by Crippen LogP contribution is 2.49. The molecule has 0 aromatic heterocycles. The first kappa shape index (κ1) is 72.9. The van der Waals surface area contributed by atoms with E-state index in [1.807, 2.05) is 13.0 Å². The number of halogens is 1. The van der Waals surface area contributed by atoms with Crippen molar-refractivity contribution < 1.29 is 90.9 Å². The summed E-state index contributed by atoms with van der Waals surface area (Å²) in [5, 5.41) is 22.2. The topological polar surface area (TPSA) is 321 Å². The lowest BCUT2D eigenvalue weighted by Gasteiger charge is -2.42. The fraction of sp³-hybridized carbons (Fsp3) is 0.557. The molecule has 500 valence electrons. The molecule has 0 saturated carbocycles. The maximum Gasteiger partial charge on any atom is 0.412 e. The summed E-state index contributed by atoms with van der Waals surface area (Å²) in [5.74, 6) is -2.63. The highest BCUT2D eigenvalue weighted by Gasteiger charge is 2.64. The van der Waals surface area contributed by atoms with Crippen molar-refractivity contribution >= 4 is 105 Å². The molecule has 2 fully saturated rings. The van der Waals surface area contributed by atoms with Crippen LogP contribution in [-0.2, 0) is 74.9 Å². The number of anilines is 3. The second kappa shape index (κ2) is 34.0. The van der Waals surface area contributed by atoms with E-state index < -0.39 is 107 Å². The van der Waals surface area contributed by atoms with Crippen LogP contribution in [0.15, 0.2) is 66.3 Å². The third kappa shape index (κ3) is 20.7. The van der Waals surface area contributed by atoms with E-state index >= 15 is 0 Å². The molecule has 0 radical (unpaired) electrons. The van der Waals surface area contributed by atoms with E-state index in [4.69, 9.17) is 54.2 Å². The highest BCUT2D eigenvalue weighted by atomic mass is 35.5. The molecule has 4 bridgehead atoms. The number of aliphatic hydroxyl groups is 1. The zero-order valence-electron chi connectivity index (χ0n) is 53.0. The maximum atomic E-state index is 14.4. The number of carbonyl (C=O) groups is 9. The zero-order valence-corrected chi connectivity index (χ0v) is 55.4. The molecule has 2 saturated heterocycles. The van der Waals surface area contributed by atoms with E-state index in [1.54, 1.807) is 62.6 Å². The Labute approximate surface area is 542 Å². The van der Waals surface area contributed by atoms with Gasteiger partial charge in [-0.1, -0.05) is 66.2 Å². The number of hydrogen-bond acceptors (Lipinski definition) is 21. The monoisotopic (exact) mass is 1330 g/mol. The standard InChI is InChI=1S/C61H83ClN8O19S2/c1-36-14-12-16-47(82-10)61(80)31-46(87-57(77)66-61)37(2)54-60(4,89-54)48(30-52(74)70(8)44-28-40(26-36)29-45(81-9)53(44)62)88-55(75)38(3)69(7)51(73)20-25-91-59(79)68(6)23-22-67(5)58(78)85-32-39-17-18-42(65-56(76)86-41-15-13-24-83-35-84-33-41)43(27-39)64-49(71)19-21-63-50(72)34-90-11/h12-18,27-29,37-38,41,46-48,54,80H,19-26,30-35H2,1-11H3,(H,63,72)(H,64,71)(H,65,76)(H,66,77)/b15-13+,16-12+,36-14+/t37-,38+,41?,46+,47-,48+,54+,60+,61+/m1/s1. The Morgan fingerprint density at radius 3 is 2.44 bits per heavy atom. The Bertz CT molecular complexity index is 3070. The number of carbonyl (C=O) groups excluding carboxylic acids is 9. The molecule has 5 N–H and O–H groups in total. The molecule has 8 amide bonds. The number of epoxide rings is 1. The minimum absolute atomic E-state index is 0.0263. The van der Waals surface area contributed by atoms with E-state index in [-0.39, 0.29) is 99.3 Å². The number of nitrogens with zero attached hydrogens (tertiary/aromatic N) is 4. The van der Waals surface area contributed by atoms with Crippen LogP contribution in [0.1, 0.15) is 64.5 Å². The minimum atomic E-state index is -1.91. The number of nitrogens with one attached hydrogen (secondary N) is 4. The number of hydrogen-bond donors (Lipinski definition) is 5. The third-order valence-electron chi connectivity index (χ3n) is 15.6. The molecule has 4 heterocycles. The van der Waals surface area contributed by atoms with Crippen molar-refractivity contribution in [3.8, 4) is 5.75 Å². The Hall–Kier alpha value is -7.12. The van der Waals surface area contributed by atoms with Gasteiger partial charge >= 0.3 is 24.2 Å². The van der Waals surface area contributed by atoms with Crippen molar-refractivity contribution in [1.29, 1.82) is 0 Å². The van der Waals surface area contributed by atoms with Crippen LogP contribution in [0, 0.1) is 5.92 Å². The lowest BCUT2D eigenvalue weighted by Crippen LogP contribution is -2.63. The van der Waals surface area contributed by atoms with Gasteiger partial charge in [0.05, 0.1) is 55.7 Å². The van der Waals surface area contributed by atoms with Gasteiger partial charge < -0.3 is 78.0 Å². The molecule has 2 aromatic carbocycles. The number of esters is 1. The SMILES string of the molecule is COc1cc2cc(c1Cl)N(C)C(=O)C[C@H](OC(=O)[C@H](C)N(C)C(=O)CCSC(=O)N(C)CCN(C)C(=O)OCc1ccc(NC(=O)OC3/C=C/COCOC3)c(NC(=O)CCNC(=O)CSC)c1)[C@]1(C)O[C@H]1[C@H](C)[C@@H]1C[C@@](O)(NC(=O)O1)[C@H](OC)/C=C/C=C(\C)C2. The fourth-order valence-corrected chi connectivity index (χ4v) is 11.5. The largest absolute Gasteiger partial charge is 0.495 e. The van der Waals surface area contributed by atoms with Crippen LogP contribution in [0.5, 0.6) is 5.75 Å². The smallest absolute Gasteiger partial charge is 0.412 e. The first-order valence-corrected chi connectivity index (χ1v) is 32.0. The van der Waals surface area contributed by atoms with Gasteiger partial charge in [-0.25, -0.2) is 19.2 Å². The van der Waals surface area contributed by atoms with Gasteiger partial charge in [0.25, 0.3) is 5.24 Å². The molecular formula is C61H83ClN8O19S2. The maximum absolute atomic E-state index is 14.4. The lowest BCUT2D eigenvalue weighted by molar-refractivity contribution is -0.162. The number of alkyl carbamates (subject to hydrolysis) is 1. The van der Waals surface area contributed by atoms with E-state index in [0.717, 1.165) is 22.9 Å². The number of rotatable bonds is 21. The molecule has 1 unspecified atom stereocenters. The fourth-order valence-electron chi connectivity index (χ4n) is 10.0. The van der Waals surface area contributed by atoms with Crippen LogP contribution < -0.4 is 30.9 Å². The second-order valence-electron chi connectivity index (χ2n) is 22.5. The first-order chi connectivity index (χ1) is 43.2. The Balaban J connectivity index is 1.03. The third-order valence-corrected chi connectivity index (χ3v) is 17.5. The summed E-state index contributed by atoms with van der Waals surface area (Å²) in [4.78, 5) is 125. The normalized spacial score (nSPS) is 24.9. The van der Waals surface area contributed by atoms with Gasteiger partial charge in [-0.3, -0.25) is 34.6 Å². The number of benzene rings is 2. The van der Waals surface area contributed by atoms with Crippen LogP contribution in [0.25, 0.3) is 0 Å². The minimum Gasteiger partial charge on any atom is -0.495 e. The zero-order chi connectivity index (χ0) is 66.7. The number of methoxy groups -OCH3 is 2. The van der Waals surface area contributed by atoms with Crippen LogP contribution >= 0.6 is 35.1 Å². The molecule has 2 aromatic rings. The first-order valence-electron chi connectivity index (χ1n) is 29.3. The molecule has 91 heavy (non-hydrogen) atoms. The number of ether oxygens (including phenoxy) is 9. The van der Waals surface area contributed by atoms with E-state index in [9.17, 15) is 48.3 Å². The summed E-state index contributed by atoms with van der Waals surface area (Å²) in [7, 11) is 8.81. The van der Waals surface area contributed by atoms with Crippen molar-refractivity contribution in [2.75, 3.05) is 115 Å².